The number of hydrogen-bond donors (Lipinski definition) is 3. The maximum Gasteiger partial charge on any atom is 0.321 e. The normalized spacial score (nSPS) is 13.8. The molecule has 2 unspecified atom stereocenters. The molecule has 32 heavy (non-hydrogen) atoms. The van der Waals surface area contributed by atoms with Crippen LogP contribution >= 0.6 is 19.1 Å². The molecule has 0 aliphatic carbocycles. The molecule has 0 saturated heterocycles. The van der Waals surface area contributed by atoms with Crippen LogP contribution in [0.2, 0.25) is 5.02 Å². The van der Waals surface area contributed by atoms with E-state index in [0.29, 0.717) is 16.4 Å². The van der Waals surface area contributed by atoms with Crippen LogP contribution in [0.25, 0.3) is 0 Å². The van der Waals surface area contributed by atoms with Crippen LogP contribution in [0, 0.1) is 0 Å². The molecule has 0 amide bonds. The van der Waals surface area contributed by atoms with E-state index in [1.807, 2.05) is 46.0 Å². The zero-order chi connectivity index (χ0) is 23.9. The highest BCUT2D eigenvalue weighted by atomic mass is 35.5. The molecule has 3 N–H and O–H groups in total. The van der Waals surface area contributed by atoms with Gasteiger partial charge in [-0.3, -0.25) is 4.57 Å². The second-order valence-electron chi connectivity index (χ2n) is 7.38. The number of hydrogen-bond acceptors (Lipinski definition) is 4. The van der Waals surface area contributed by atoms with E-state index in [-0.39, 0.29) is 11.3 Å². The molecule has 0 aliphatic rings. The molecule has 0 aliphatic heterocycles. The number of anilines is 2. The van der Waals surface area contributed by atoms with Crippen LogP contribution in [-0.4, -0.2) is 18.7 Å². The SMILES string of the molecule is C=C/C=C\C(=C(C)C)N(N=C)c1cc(Cl)ccc1NP(=O)(O)c1ccc(C(C)NC)cc1. The van der Waals surface area contributed by atoms with Gasteiger partial charge in [0, 0.05) is 17.8 Å². The second kappa shape index (κ2) is 11.3. The first kappa shape index (κ1) is 25.6. The van der Waals surface area contributed by atoms with Crippen molar-refractivity contribution in [1.82, 2.24) is 5.32 Å². The highest BCUT2D eigenvalue weighted by Gasteiger charge is 2.25. The topological polar surface area (TPSA) is 77.0 Å². The Morgan fingerprint density at radius 1 is 1.25 bits per heavy atom. The second-order valence-corrected chi connectivity index (χ2v) is 9.71. The van der Waals surface area contributed by atoms with Crippen molar-refractivity contribution in [3.05, 3.63) is 89.1 Å². The van der Waals surface area contributed by atoms with E-state index in [9.17, 15) is 9.46 Å². The summed E-state index contributed by atoms with van der Waals surface area (Å²) in [5, 5.41) is 12.4. The predicted octanol–water partition coefficient (Wildman–Crippen LogP) is 6.00. The Bertz CT molecular complexity index is 1080. The van der Waals surface area contributed by atoms with E-state index >= 15 is 0 Å². The van der Waals surface area contributed by atoms with Crippen LogP contribution < -0.4 is 20.7 Å². The van der Waals surface area contributed by atoms with Crippen LogP contribution in [0.3, 0.4) is 0 Å². The summed E-state index contributed by atoms with van der Waals surface area (Å²) in [7, 11) is -2.08. The highest BCUT2D eigenvalue weighted by Crippen LogP contribution is 2.44. The minimum atomic E-state index is -3.95. The fraction of sp³-hybridized carbons (Fsp3) is 0.208. The Hall–Kier alpha value is -2.63. The zero-order valence-corrected chi connectivity index (χ0v) is 20.5. The summed E-state index contributed by atoms with van der Waals surface area (Å²) in [5.41, 5.74) is 3.61. The summed E-state index contributed by atoms with van der Waals surface area (Å²) in [6, 6.07) is 12.1. The molecule has 8 heteroatoms. The van der Waals surface area contributed by atoms with E-state index in [2.05, 4.69) is 28.8 Å². The molecule has 0 spiro atoms. The molecule has 0 saturated carbocycles. The van der Waals surface area contributed by atoms with Gasteiger partial charge in [-0.05, 0) is 69.8 Å². The molecule has 2 rings (SSSR count). The van der Waals surface area contributed by atoms with Crippen molar-refractivity contribution in [3.63, 3.8) is 0 Å². The maximum absolute atomic E-state index is 13.3. The van der Waals surface area contributed by atoms with Crippen molar-refractivity contribution in [2.45, 2.75) is 26.8 Å². The number of benzene rings is 2. The highest BCUT2D eigenvalue weighted by molar-refractivity contribution is 7.67. The van der Waals surface area contributed by atoms with Crippen LogP contribution in [0.4, 0.5) is 11.4 Å². The molecule has 2 aromatic rings. The van der Waals surface area contributed by atoms with Gasteiger partial charge < -0.3 is 15.3 Å². The van der Waals surface area contributed by atoms with Crippen LogP contribution in [0.15, 0.2) is 83.6 Å². The number of rotatable bonds is 10. The third-order valence-electron chi connectivity index (χ3n) is 4.91. The molecule has 2 aromatic carbocycles. The van der Waals surface area contributed by atoms with Gasteiger partial charge in [0.1, 0.15) is 0 Å². The standard InChI is InChI=1S/C24H30ClN4O2P/c1-7-8-9-23(17(2)3)29(27-6)24-16-20(25)12-15-22(24)28-32(30,31)21-13-10-19(11-14-21)18(4)26-5/h7-16,18,26H,1,6H2,2-5H3,(H2,28,30,31)/b9-8-. The molecule has 0 heterocycles. The number of hydrazone groups is 1. The van der Waals surface area contributed by atoms with E-state index in [1.165, 1.54) is 0 Å². The summed E-state index contributed by atoms with van der Waals surface area (Å²) in [5.74, 6) is 0. The third-order valence-corrected chi connectivity index (χ3v) is 6.69. The first-order valence-electron chi connectivity index (χ1n) is 10.1. The average Bonchev–Trinajstić information content (AvgIpc) is 2.77. The molecular formula is C24H30ClN4O2P. The molecule has 0 bridgehead atoms. The largest absolute Gasteiger partial charge is 0.326 e. The van der Waals surface area contributed by atoms with Crippen molar-refractivity contribution < 1.29 is 9.46 Å². The summed E-state index contributed by atoms with van der Waals surface area (Å²) >= 11 is 6.25. The maximum atomic E-state index is 13.3. The number of allylic oxidation sites excluding steroid dienone is 4. The van der Waals surface area contributed by atoms with Crippen molar-refractivity contribution in [2.24, 2.45) is 5.10 Å². The smallest absolute Gasteiger partial charge is 0.321 e. The molecule has 0 radical (unpaired) electrons. The van der Waals surface area contributed by atoms with Crippen LogP contribution in [-0.2, 0) is 4.57 Å². The lowest BCUT2D eigenvalue weighted by atomic mass is 10.1. The minimum absolute atomic E-state index is 0.135. The fourth-order valence-electron chi connectivity index (χ4n) is 3.02. The number of halogens is 1. The number of nitrogens with one attached hydrogen (secondary N) is 2. The Kier molecular flexibility index (Phi) is 9.05. The van der Waals surface area contributed by atoms with Crippen molar-refractivity contribution in [2.75, 3.05) is 17.1 Å². The van der Waals surface area contributed by atoms with Gasteiger partial charge in [0.25, 0.3) is 0 Å². The molecule has 2 atom stereocenters. The van der Waals surface area contributed by atoms with Gasteiger partial charge in [-0.1, -0.05) is 48.0 Å². The van der Waals surface area contributed by atoms with Crippen molar-refractivity contribution >= 4 is 42.5 Å². The molecule has 0 aromatic heterocycles. The molecular weight excluding hydrogens is 443 g/mol. The van der Waals surface area contributed by atoms with Crippen molar-refractivity contribution in [1.29, 1.82) is 0 Å². The first-order chi connectivity index (χ1) is 15.1. The Morgan fingerprint density at radius 2 is 1.91 bits per heavy atom. The Labute approximate surface area is 195 Å². The van der Waals surface area contributed by atoms with Gasteiger partial charge in [-0.2, -0.15) is 5.10 Å². The predicted molar refractivity (Wildman–Crippen MR) is 138 cm³/mol. The molecule has 170 valence electrons. The first-order valence-corrected chi connectivity index (χ1v) is 12.1. The third kappa shape index (κ3) is 6.21. The monoisotopic (exact) mass is 472 g/mol. The van der Waals surface area contributed by atoms with E-state index in [0.717, 1.165) is 16.8 Å². The fourth-order valence-corrected chi connectivity index (χ4v) is 4.39. The van der Waals surface area contributed by atoms with Crippen molar-refractivity contribution in [3.8, 4) is 0 Å². The van der Waals surface area contributed by atoms with Crippen LogP contribution in [0.5, 0.6) is 0 Å². The van der Waals surface area contributed by atoms with Gasteiger partial charge in [0.05, 0.1) is 22.4 Å². The molecule has 0 fully saturated rings. The van der Waals surface area contributed by atoms with Gasteiger partial charge in [0.15, 0.2) is 0 Å². The van der Waals surface area contributed by atoms with Gasteiger partial charge in [0.2, 0.25) is 0 Å². The van der Waals surface area contributed by atoms with E-state index in [1.54, 1.807) is 47.5 Å². The van der Waals surface area contributed by atoms with E-state index < -0.39 is 7.52 Å². The van der Waals surface area contributed by atoms with Crippen LogP contribution in [0.1, 0.15) is 32.4 Å². The van der Waals surface area contributed by atoms with E-state index in [4.69, 9.17) is 11.6 Å². The summed E-state index contributed by atoms with van der Waals surface area (Å²) in [6.45, 7) is 13.3. The number of nitrogens with zero attached hydrogens (tertiary/aromatic N) is 2. The summed E-state index contributed by atoms with van der Waals surface area (Å²) < 4.78 is 13.3. The lowest BCUT2D eigenvalue weighted by molar-refractivity contribution is 0.496. The summed E-state index contributed by atoms with van der Waals surface area (Å²) in [4.78, 5) is 10.9. The van der Waals surface area contributed by atoms with Gasteiger partial charge in [-0.25, -0.2) is 5.01 Å². The average molecular weight is 473 g/mol. The minimum Gasteiger partial charge on any atom is -0.326 e. The van der Waals surface area contributed by atoms with Gasteiger partial charge >= 0.3 is 7.52 Å². The van der Waals surface area contributed by atoms with Gasteiger partial charge in [-0.15, -0.1) is 0 Å². The quantitative estimate of drug-likeness (QED) is 0.171. The Morgan fingerprint density at radius 3 is 2.44 bits per heavy atom. The summed E-state index contributed by atoms with van der Waals surface area (Å²) in [6.07, 6.45) is 5.27. The molecule has 6 nitrogen and oxygen atoms in total. The zero-order valence-electron chi connectivity index (χ0n) is 18.8. The Balaban J connectivity index is 2.50. The lowest BCUT2D eigenvalue weighted by Gasteiger charge is -2.26. The lowest BCUT2D eigenvalue weighted by Crippen LogP contribution is -2.18.